The minimum atomic E-state index is -4.00. The number of methoxy groups -OCH3 is 1. The topological polar surface area (TPSA) is 66.9 Å². The summed E-state index contributed by atoms with van der Waals surface area (Å²) in [5, 5.41) is 1.98. The molecule has 0 bridgehead atoms. The summed E-state index contributed by atoms with van der Waals surface area (Å²) in [7, 11) is -2.47. The highest BCUT2D eigenvalue weighted by Gasteiger charge is 2.28. The van der Waals surface area contributed by atoms with Gasteiger partial charge in [0.15, 0.2) is 0 Å². The first kappa shape index (κ1) is 26.0. The monoisotopic (exact) mass is 504 g/mol. The van der Waals surface area contributed by atoms with Crippen molar-refractivity contribution in [3.8, 4) is 0 Å². The van der Waals surface area contributed by atoms with E-state index in [-0.39, 0.29) is 23.9 Å². The predicted octanol–water partition coefficient (Wildman–Crippen LogP) is 4.45. The third-order valence-corrected chi connectivity index (χ3v) is 8.26. The lowest BCUT2D eigenvalue weighted by molar-refractivity contribution is -0.132. The SMILES string of the molecule is COCCCN(CC(=O)N(Cc1ccccc1)Cc1sccc1C)S(=O)(=O)c1ccc(F)cc1. The Morgan fingerprint density at radius 3 is 2.35 bits per heavy atom. The highest BCUT2D eigenvalue weighted by molar-refractivity contribution is 7.89. The molecule has 6 nitrogen and oxygen atoms in total. The number of amides is 1. The molecule has 0 N–H and O–H groups in total. The molecule has 0 radical (unpaired) electrons. The zero-order valence-corrected chi connectivity index (χ0v) is 20.9. The molecule has 2 aromatic carbocycles. The smallest absolute Gasteiger partial charge is 0.243 e. The number of hydrogen-bond acceptors (Lipinski definition) is 5. The van der Waals surface area contributed by atoms with Gasteiger partial charge in [-0.1, -0.05) is 30.3 Å². The Balaban J connectivity index is 1.86. The van der Waals surface area contributed by atoms with Gasteiger partial charge in [-0.15, -0.1) is 11.3 Å². The predicted molar refractivity (Wildman–Crippen MR) is 131 cm³/mol. The van der Waals surface area contributed by atoms with Crippen LogP contribution in [0.1, 0.15) is 22.4 Å². The molecule has 34 heavy (non-hydrogen) atoms. The van der Waals surface area contributed by atoms with Crippen LogP contribution in [0, 0.1) is 12.7 Å². The summed E-state index contributed by atoms with van der Waals surface area (Å²) in [6.07, 6.45) is 0.424. The van der Waals surface area contributed by atoms with Crippen molar-refractivity contribution < 1.29 is 22.3 Å². The number of hydrogen-bond donors (Lipinski definition) is 0. The van der Waals surface area contributed by atoms with Crippen LogP contribution in [-0.2, 0) is 32.6 Å². The molecular weight excluding hydrogens is 475 g/mol. The van der Waals surface area contributed by atoms with Crippen LogP contribution in [0.3, 0.4) is 0 Å². The molecule has 1 heterocycles. The maximum atomic E-state index is 13.5. The van der Waals surface area contributed by atoms with Gasteiger partial charge < -0.3 is 9.64 Å². The van der Waals surface area contributed by atoms with E-state index in [0.717, 1.165) is 32.4 Å². The standard InChI is InChI=1S/C25H29FN2O4S2/c1-20-13-16-33-24(20)18-27(17-21-7-4-3-5-8-21)25(29)19-28(14-6-15-32-2)34(30,31)23-11-9-22(26)10-12-23/h3-5,7-13,16H,6,14-15,17-19H2,1-2H3. The molecule has 0 spiro atoms. The number of nitrogens with zero attached hydrogens (tertiary/aromatic N) is 2. The highest BCUT2D eigenvalue weighted by atomic mass is 32.2. The van der Waals surface area contributed by atoms with E-state index < -0.39 is 15.8 Å². The Hall–Kier alpha value is -2.59. The van der Waals surface area contributed by atoms with Gasteiger partial charge in [0, 0.05) is 31.7 Å². The lowest BCUT2D eigenvalue weighted by Gasteiger charge is -2.27. The highest BCUT2D eigenvalue weighted by Crippen LogP contribution is 2.21. The van der Waals surface area contributed by atoms with Crippen molar-refractivity contribution in [1.82, 2.24) is 9.21 Å². The maximum Gasteiger partial charge on any atom is 0.243 e. The van der Waals surface area contributed by atoms with E-state index in [0.29, 0.717) is 26.1 Å². The van der Waals surface area contributed by atoms with Crippen LogP contribution in [0.25, 0.3) is 0 Å². The first-order valence-electron chi connectivity index (χ1n) is 10.9. The molecule has 9 heteroatoms. The minimum Gasteiger partial charge on any atom is -0.385 e. The summed E-state index contributed by atoms with van der Waals surface area (Å²) < 4.78 is 46.2. The van der Waals surface area contributed by atoms with Crippen molar-refractivity contribution in [2.75, 3.05) is 26.8 Å². The van der Waals surface area contributed by atoms with E-state index in [4.69, 9.17) is 4.74 Å². The zero-order valence-electron chi connectivity index (χ0n) is 19.3. The molecule has 182 valence electrons. The van der Waals surface area contributed by atoms with Crippen molar-refractivity contribution in [1.29, 1.82) is 0 Å². The fourth-order valence-corrected chi connectivity index (χ4v) is 5.80. The molecular formula is C25H29FN2O4S2. The number of benzene rings is 2. The molecule has 3 rings (SSSR count). The fraction of sp³-hybridized carbons (Fsp3) is 0.320. The summed E-state index contributed by atoms with van der Waals surface area (Å²) in [6, 6.07) is 16.2. The summed E-state index contributed by atoms with van der Waals surface area (Å²) in [5.41, 5.74) is 2.05. The number of aryl methyl sites for hydroxylation is 1. The average Bonchev–Trinajstić information content (AvgIpc) is 3.23. The second-order valence-corrected chi connectivity index (χ2v) is 10.8. The molecule has 0 aliphatic rings. The Morgan fingerprint density at radius 1 is 1.03 bits per heavy atom. The van der Waals surface area contributed by atoms with Crippen LogP contribution in [0.4, 0.5) is 4.39 Å². The molecule has 0 aliphatic heterocycles. The minimum absolute atomic E-state index is 0.0529. The van der Waals surface area contributed by atoms with Gasteiger partial charge in [-0.2, -0.15) is 4.31 Å². The van der Waals surface area contributed by atoms with E-state index in [9.17, 15) is 17.6 Å². The summed E-state index contributed by atoms with van der Waals surface area (Å²) in [4.78, 5) is 16.2. The molecule has 0 saturated heterocycles. The van der Waals surface area contributed by atoms with Gasteiger partial charge in [0.25, 0.3) is 0 Å². The number of halogens is 1. The van der Waals surface area contributed by atoms with Gasteiger partial charge in [-0.25, -0.2) is 12.8 Å². The van der Waals surface area contributed by atoms with Crippen LogP contribution >= 0.6 is 11.3 Å². The molecule has 0 saturated carbocycles. The number of ether oxygens (including phenoxy) is 1. The molecule has 0 atom stereocenters. The Kier molecular flexibility index (Phi) is 9.35. The van der Waals surface area contributed by atoms with E-state index in [2.05, 4.69) is 0 Å². The van der Waals surface area contributed by atoms with Crippen molar-refractivity contribution in [3.05, 3.63) is 87.9 Å². The summed E-state index contributed by atoms with van der Waals surface area (Å²) in [5.74, 6) is -0.832. The van der Waals surface area contributed by atoms with Crippen LogP contribution in [0.5, 0.6) is 0 Å². The van der Waals surface area contributed by atoms with Crippen molar-refractivity contribution >= 4 is 27.3 Å². The molecule has 0 fully saturated rings. The number of thiophene rings is 1. The van der Waals surface area contributed by atoms with E-state index >= 15 is 0 Å². The molecule has 0 aliphatic carbocycles. The lowest BCUT2D eigenvalue weighted by Crippen LogP contribution is -2.43. The first-order valence-corrected chi connectivity index (χ1v) is 13.2. The normalized spacial score (nSPS) is 11.6. The summed E-state index contributed by atoms with van der Waals surface area (Å²) >= 11 is 1.57. The van der Waals surface area contributed by atoms with Crippen LogP contribution in [-0.4, -0.2) is 50.3 Å². The van der Waals surface area contributed by atoms with Gasteiger partial charge in [0.05, 0.1) is 18.0 Å². The van der Waals surface area contributed by atoms with Crippen molar-refractivity contribution in [2.24, 2.45) is 0 Å². The van der Waals surface area contributed by atoms with Gasteiger partial charge in [0.1, 0.15) is 5.82 Å². The van der Waals surface area contributed by atoms with Crippen LogP contribution in [0.15, 0.2) is 70.9 Å². The lowest BCUT2D eigenvalue weighted by atomic mass is 10.2. The molecule has 3 aromatic rings. The van der Waals surface area contributed by atoms with E-state index in [1.54, 1.807) is 16.2 Å². The first-order chi connectivity index (χ1) is 16.3. The average molecular weight is 505 g/mol. The van der Waals surface area contributed by atoms with Crippen molar-refractivity contribution in [3.63, 3.8) is 0 Å². The second-order valence-electron chi connectivity index (χ2n) is 7.90. The van der Waals surface area contributed by atoms with Crippen LogP contribution < -0.4 is 0 Å². The molecule has 0 unspecified atom stereocenters. The fourth-order valence-electron chi connectivity index (χ4n) is 3.45. The van der Waals surface area contributed by atoms with E-state index in [1.807, 2.05) is 48.7 Å². The molecule has 1 aromatic heterocycles. The Labute approximate surface area is 204 Å². The number of carbonyl (C=O) groups is 1. The van der Waals surface area contributed by atoms with Gasteiger partial charge >= 0.3 is 0 Å². The van der Waals surface area contributed by atoms with Crippen molar-refractivity contribution in [2.45, 2.75) is 31.3 Å². The quantitative estimate of drug-likeness (QED) is 0.342. The van der Waals surface area contributed by atoms with E-state index in [1.165, 1.54) is 19.2 Å². The Morgan fingerprint density at radius 2 is 1.74 bits per heavy atom. The number of carbonyl (C=O) groups excluding carboxylic acids is 1. The van der Waals surface area contributed by atoms with Gasteiger partial charge in [-0.05, 0) is 60.2 Å². The van der Waals surface area contributed by atoms with Gasteiger partial charge in [0.2, 0.25) is 15.9 Å². The van der Waals surface area contributed by atoms with Gasteiger partial charge in [-0.3, -0.25) is 4.79 Å². The largest absolute Gasteiger partial charge is 0.385 e. The number of sulfonamides is 1. The molecule has 1 amide bonds. The zero-order chi connectivity index (χ0) is 24.6. The summed E-state index contributed by atoms with van der Waals surface area (Å²) in [6.45, 7) is 2.88. The third kappa shape index (κ3) is 6.96. The number of rotatable bonds is 12. The van der Waals surface area contributed by atoms with Crippen LogP contribution in [0.2, 0.25) is 0 Å². The maximum absolute atomic E-state index is 13.5. The Bertz CT molecular complexity index is 1170. The second kappa shape index (κ2) is 12.2. The third-order valence-electron chi connectivity index (χ3n) is 5.39.